The molecule has 0 aliphatic heterocycles. The number of aromatic amines is 1. The highest BCUT2D eigenvalue weighted by Crippen LogP contribution is 2.32. The van der Waals surface area contributed by atoms with Gasteiger partial charge in [0.25, 0.3) is 5.91 Å². The SMILES string of the molecule is O=C(Nc1nc(-c2ccc(Cl)s2)cs1)c1ccc2nc[nH]c2c1. The number of hydrogen-bond donors (Lipinski definition) is 2. The molecule has 0 unspecified atom stereocenters. The van der Waals surface area contributed by atoms with Crippen LogP contribution in [-0.4, -0.2) is 20.9 Å². The van der Waals surface area contributed by atoms with Crippen LogP contribution in [0, 0.1) is 0 Å². The number of amides is 1. The van der Waals surface area contributed by atoms with E-state index >= 15 is 0 Å². The van der Waals surface area contributed by atoms with Crippen molar-refractivity contribution in [3.05, 3.63) is 51.9 Å². The predicted octanol–water partition coefficient (Wildman–Crippen LogP) is 4.65. The van der Waals surface area contributed by atoms with Gasteiger partial charge in [-0.25, -0.2) is 9.97 Å². The number of rotatable bonds is 3. The van der Waals surface area contributed by atoms with Gasteiger partial charge in [-0.3, -0.25) is 10.1 Å². The van der Waals surface area contributed by atoms with Gasteiger partial charge in [0, 0.05) is 10.9 Å². The zero-order valence-corrected chi connectivity index (χ0v) is 13.9. The van der Waals surface area contributed by atoms with Crippen molar-refractivity contribution in [2.24, 2.45) is 0 Å². The topological polar surface area (TPSA) is 70.7 Å². The van der Waals surface area contributed by atoms with E-state index in [9.17, 15) is 4.79 Å². The second-order valence-corrected chi connectivity index (χ2v) is 7.30. The summed E-state index contributed by atoms with van der Waals surface area (Å²) < 4.78 is 0.714. The lowest BCUT2D eigenvalue weighted by atomic mass is 10.2. The molecule has 0 spiro atoms. The van der Waals surface area contributed by atoms with Crippen molar-refractivity contribution < 1.29 is 4.79 Å². The Morgan fingerprint density at radius 3 is 3.00 bits per heavy atom. The second-order valence-electron chi connectivity index (χ2n) is 4.73. The third-order valence-electron chi connectivity index (χ3n) is 3.23. The lowest BCUT2D eigenvalue weighted by Crippen LogP contribution is -2.11. The van der Waals surface area contributed by atoms with E-state index in [0.29, 0.717) is 15.0 Å². The van der Waals surface area contributed by atoms with Gasteiger partial charge in [0.2, 0.25) is 0 Å². The van der Waals surface area contributed by atoms with Crippen molar-refractivity contribution >= 4 is 56.3 Å². The van der Waals surface area contributed by atoms with E-state index in [-0.39, 0.29) is 5.91 Å². The molecule has 4 rings (SSSR count). The number of benzene rings is 1. The summed E-state index contributed by atoms with van der Waals surface area (Å²) in [6, 6.07) is 9.07. The summed E-state index contributed by atoms with van der Waals surface area (Å²) in [6.45, 7) is 0. The number of anilines is 1. The number of carbonyl (C=O) groups is 1. The number of nitrogens with one attached hydrogen (secondary N) is 2. The van der Waals surface area contributed by atoms with E-state index in [1.807, 2.05) is 23.6 Å². The molecule has 1 amide bonds. The van der Waals surface area contributed by atoms with Crippen LogP contribution in [0.4, 0.5) is 5.13 Å². The van der Waals surface area contributed by atoms with E-state index in [1.165, 1.54) is 22.7 Å². The Bertz CT molecular complexity index is 1000. The number of thiazole rings is 1. The Morgan fingerprint density at radius 2 is 2.17 bits per heavy atom. The molecule has 0 fully saturated rings. The van der Waals surface area contributed by atoms with E-state index in [4.69, 9.17) is 11.6 Å². The van der Waals surface area contributed by atoms with Crippen molar-refractivity contribution in [3.8, 4) is 10.6 Å². The molecule has 114 valence electrons. The van der Waals surface area contributed by atoms with Crippen LogP contribution in [0.25, 0.3) is 21.6 Å². The molecule has 0 radical (unpaired) electrons. The number of aromatic nitrogens is 3. The molecule has 4 aromatic rings. The molecule has 0 aliphatic carbocycles. The van der Waals surface area contributed by atoms with Gasteiger partial charge in [0.05, 0.1) is 32.3 Å². The van der Waals surface area contributed by atoms with Crippen LogP contribution in [-0.2, 0) is 0 Å². The first kappa shape index (κ1) is 14.4. The molecule has 3 heterocycles. The molecule has 8 heteroatoms. The highest BCUT2D eigenvalue weighted by molar-refractivity contribution is 7.20. The maximum absolute atomic E-state index is 12.3. The number of halogens is 1. The molecule has 0 bridgehead atoms. The van der Waals surface area contributed by atoms with Crippen molar-refractivity contribution in [1.29, 1.82) is 0 Å². The largest absolute Gasteiger partial charge is 0.345 e. The maximum atomic E-state index is 12.3. The summed E-state index contributed by atoms with van der Waals surface area (Å²) in [5, 5.41) is 5.27. The summed E-state index contributed by atoms with van der Waals surface area (Å²) in [5.41, 5.74) is 3.02. The number of hydrogen-bond acceptors (Lipinski definition) is 5. The van der Waals surface area contributed by atoms with Gasteiger partial charge in [-0.2, -0.15) is 0 Å². The zero-order valence-electron chi connectivity index (χ0n) is 11.5. The maximum Gasteiger partial charge on any atom is 0.257 e. The van der Waals surface area contributed by atoms with Gasteiger partial charge in [-0.05, 0) is 30.3 Å². The average molecular weight is 361 g/mol. The molecule has 0 saturated carbocycles. The minimum absolute atomic E-state index is 0.202. The Balaban J connectivity index is 1.55. The molecule has 2 N–H and O–H groups in total. The second kappa shape index (κ2) is 5.77. The Hall–Kier alpha value is -2.22. The Labute approximate surface area is 144 Å². The molecule has 3 aromatic heterocycles. The number of H-pyrrole nitrogens is 1. The fraction of sp³-hybridized carbons (Fsp3) is 0. The van der Waals surface area contributed by atoms with Crippen LogP contribution in [0.15, 0.2) is 42.0 Å². The Morgan fingerprint density at radius 1 is 1.26 bits per heavy atom. The van der Waals surface area contributed by atoms with E-state index < -0.39 is 0 Å². The number of thiophene rings is 1. The molecule has 1 aromatic carbocycles. The highest BCUT2D eigenvalue weighted by atomic mass is 35.5. The lowest BCUT2D eigenvalue weighted by molar-refractivity contribution is 0.102. The predicted molar refractivity (Wildman–Crippen MR) is 94.5 cm³/mol. The first-order valence-electron chi connectivity index (χ1n) is 6.65. The van der Waals surface area contributed by atoms with Crippen LogP contribution in [0.2, 0.25) is 4.34 Å². The van der Waals surface area contributed by atoms with Crippen molar-refractivity contribution in [1.82, 2.24) is 15.0 Å². The summed E-state index contributed by atoms with van der Waals surface area (Å²) in [7, 11) is 0. The summed E-state index contributed by atoms with van der Waals surface area (Å²) in [4.78, 5) is 24.9. The van der Waals surface area contributed by atoms with Gasteiger partial charge >= 0.3 is 0 Å². The highest BCUT2D eigenvalue weighted by Gasteiger charge is 2.12. The molecular formula is C15H9ClN4OS2. The molecule has 0 aliphatic rings. The summed E-state index contributed by atoms with van der Waals surface area (Å²) >= 11 is 8.78. The van der Waals surface area contributed by atoms with Crippen LogP contribution in [0.5, 0.6) is 0 Å². The molecule has 0 atom stereocenters. The van der Waals surface area contributed by atoms with Crippen LogP contribution < -0.4 is 5.32 Å². The smallest absolute Gasteiger partial charge is 0.257 e. The zero-order chi connectivity index (χ0) is 15.8. The number of imidazole rings is 1. The van der Waals surface area contributed by atoms with Gasteiger partial charge in [0.15, 0.2) is 5.13 Å². The number of fused-ring (bicyclic) bond motifs is 1. The van der Waals surface area contributed by atoms with Gasteiger partial charge in [0.1, 0.15) is 0 Å². The van der Waals surface area contributed by atoms with Crippen molar-refractivity contribution in [3.63, 3.8) is 0 Å². The van der Waals surface area contributed by atoms with Crippen LogP contribution in [0.3, 0.4) is 0 Å². The third-order valence-corrected chi connectivity index (χ3v) is 5.24. The normalized spacial score (nSPS) is 11.0. The van der Waals surface area contributed by atoms with E-state index in [0.717, 1.165) is 21.6 Å². The van der Waals surface area contributed by atoms with Gasteiger partial charge in [-0.15, -0.1) is 22.7 Å². The van der Waals surface area contributed by atoms with Gasteiger partial charge in [-0.1, -0.05) is 11.6 Å². The van der Waals surface area contributed by atoms with Gasteiger partial charge < -0.3 is 4.98 Å². The number of nitrogens with zero attached hydrogens (tertiary/aromatic N) is 2. The lowest BCUT2D eigenvalue weighted by Gasteiger charge is -2.01. The summed E-state index contributed by atoms with van der Waals surface area (Å²) in [5.74, 6) is -0.202. The molecule has 5 nitrogen and oxygen atoms in total. The third kappa shape index (κ3) is 2.86. The van der Waals surface area contributed by atoms with Crippen LogP contribution in [0.1, 0.15) is 10.4 Å². The van der Waals surface area contributed by atoms with Crippen molar-refractivity contribution in [2.75, 3.05) is 5.32 Å². The molecule has 23 heavy (non-hydrogen) atoms. The van der Waals surface area contributed by atoms with E-state index in [1.54, 1.807) is 18.5 Å². The monoisotopic (exact) mass is 360 g/mol. The van der Waals surface area contributed by atoms with Crippen molar-refractivity contribution in [2.45, 2.75) is 0 Å². The number of carbonyl (C=O) groups excluding carboxylic acids is 1. The molecule has 0 saturated heterocycles. The van der Waals surface area contributed by atoms with Crippen LogP contribution >= 0.6 is 34.3 Å². The quantitative estimate of drug-likeness (QED) is 0.558. The minimum atomic E-state index is -0.202. The fourth-order valence-electron chi connectivity index (χ4n) is 2.14. The minimum Gasteiger partial charge on any atom is -0.345 e. The first-order valence-corrected chi connectivity index (χ1v) is 8.72. The average Bonchev–Trinajstić information content (AvgIpc) is 3.26. The summed E-state index contributed by atoms with van der Waals surface area (Å²) in [6.07, 6.45) is 1.60. The first-order chi connectivity index (χ1) is 11.2. The standard InChI is InChI=1S/C15H9ClN4OS2/c16-13-4-3-12(23-13)11-6-22-15(19-11)20-14(21)8-1-2-9-10(5-8)18-7-17-9/h1-7H,(H,17,18)(H,19,20,21). The fourth-order valence-corrected chi connectivity index (χ4v) is 3.93. The van der Waals surface area contributed by atoms with E-state index in [2.05, 4.69) is 20.3 Å². The molecular weight excluding hydrogens is 352 g/mol. The Kier molecular flexibility index (Phi) is 3.60.